The highest BCUT2D eigenvalue weighted by molar-refractivity contribution is 5.94. The topological polar surface area (TPSA) is 64.7 Å². The molecule has 1 saturated carbocycles. The van der Waals surface area contributed by atoms with Crippen molar-refractivity contribution in [3.05, 3.63) is 29.6 Å². The highest BCUT2D eigenvalue weighted by Gasteiger charge is 2.45. The third-order valence-corrected chi connectivity index (χ3v) is 6.06. The molecule has 4 rings (SSSR count). The summed E-state index contributed by atoms with van der Waals surface area (Å²) < 4.78 is 13.4. The van der Waals surface area contributed by atoms with Gasteiger partial charge in [0.15, 0.2) is 0 Å². The number of nitrogens with zero attached hydrogens (tertiary/aromatic N) is 2. The lowest BCUT2D eigenvalue weighted by Gasteiger charge is -2.52. The van der Waals surface area contributed by atoms with Gasteiger partial charge in [0.05, 0.1) is 6.54 Å². The minimum absolute atomic E-state index is 0.00593. The van der Waals surface area contributed by atoms with Gasteiger partial charge in [-0.25, -0.2) is 9.18 Å². The zero-order valence-corrected chi connectivity index (χ0v) is 15.1. The highest BCUT2D eigenvalue weighted by atomic mass is 19.1. The van der Waals surface area contributed by atoms with E-state index in [1.807, 2.05) is 0 Å². The molecule has 0 unspecified atom stereocenters. The second-order valence-electron chi connectivity index (χ2n) is 8.06. The predicted octanol–water partition coefficient (Wildman–Crippen LogP) is 2.16. The van der Waals surface area contributed by atoms with Crippen LogP contribution in [-0.4, -0.2) is 54.5 Å². The molecule has 1 saturated heterocycles. The van der Waals surface area contributed by atoms with Crippen LogP contribution in [0.25, 0.3) is 0 Å². The lowest BCUT2D eigenvalue weighted by atomic mass is 9.60. The summed E-state index contributed by atoms with van der Waals surface area (Å²) in [5.74, 6) is -0.491. The van der Waals surface area contributed by atoms with Crippen LogP contribution in [0.1, 0.15) is 31.2 Å². The molecule has 3 amide bonds. The molecule has 6 nitrogen and oxygen atoms in total. The first-order chi connectivity index (χ1) is 12.4. The molecule has 7 heteroatoms. The predicted molar refractivity (Wildman–Crippen MR) is 96.2 cm³/mol. The summed E-state index contributed by atoms with van der Waals surface area (Å²) in [4.78, 5) is 28.3. The van der Waals surface area contributed by atoms with Crippen molar-refractivity contribution in [2.45, 2.75) is 38.3 Å². The largest absolute Gasteiger partial charge is 0.352 e. The van der Waals surface area contributed by atoms with E-state index in [9.17, 15) is 14.0 Å². The van der Waals surface area contributed by atoms with Gasteiger partial charge in [0.2, 0.25) is 5.91 Å². The van der Waals surface area contributed by atoms with E-state index in [1.54, 1.807) is 6.07 Å². The van der Waals surface area contributed by atoms with Gasteiger partial charge >= 0.3 is 6.03 Å². The molecule has 26 heavy (non-hydrogen) atoms. The first kappa shape index (κ1) is 17.3. The number of benzene rings is 1. The van der Waals surface area contributed by atoms with Crippen molar-refractivity contribution in [3.8, 4) is 0 Å². The fourth-order valence-corrected chi connectivity index (χ4v) is 4.45. The number of amides is 3. The Morgan fingerprint density at radius 3 is 2.81 bits per heavy atom. The molecule has 1 aliphatic carbocycles. The molecule has 0 atom stereocenters. The Balaban J connectivity index is 1.28. The minimum Gasteiger partial charge on any atom is -0.352 e. The van der Waals surface area contributed by atoms with Crippen molar-refractivity contribution < 1.29 is 14.0 Å². The van der Waals surface area contributed by atoms with E-state index in [-0.39, 0.29) is 36.9 Å². The maximum Gasteiger partial charge on any atom is 0.322 e. The van der Waals surface area contributed by atoms with Crippen LogP contribution in [0.4, 0.5) is 14.9 Å². The summed E-state index contributed by atoms with van der Waals surface area (Å²) in [6.07, 6.45) is 4.47. The number of fused-ring (bicyclic) bond motifs is 1. The van der Waals surface area contributed by atoms with Gasteiger partial charge in [-0.2, -0.15) is 0 Å². The van der Waals surface area contributed by atoms with Gasteiger partial charge in [0, 0.05) is 11.7 Å². The van der Waals surface area contributed by atoms with Gasteiger partial charge in [-0.3, -0.25) is 4.79 Å². The molecular formula is C19H25FN4O2. The molecule has 2 heterocycles. The molecule has 1 aromatic rings. The van der Waals surface area contributed by atoms with Gasteiger partial charge in [0.1, 0.15) is 12.4 Å². The van der Waals surface area contributed by atoms with Crippen molar-refractivity contribution in [3.63, 3.8) is 0 Å². The van der Waals surface area contributed by atoms with Crippen LogP contribution in [0, 0.1) is 11.2 Å². The van der Waals surface area contributed by atoms with E-state index in [2.05, 4.69) is 22.6 Å². The second-order valence-corrected chi connectivity index (χ2v) is 8.06. The molecule has 2 fully saturated rings. The molecule has 0 bridgehead atoms. The monoisotopic (exact) mass is 360 g/mol. The van der Waals surface area contributed by atoms with Gasteiger partial charge in [-0.1, -0.05) is 0 Å². The second kappa shape index (κ2) is 6.54. The lowest BCUT2D eigenvalue weighted by Crippen LogP contribution is -2.56. The van der Waals surface area contributed by atoms with E-state index in [0.29, 0.717) is 16.7 Å². The Hall–Kier alpha value is -2.15. The summed E-state index contributed by atoms with van der Waals surface area (Å²) in [6.45, 7) is 2.50. The number of halogens is 1. The van der Waals surface area contributed by atoms with Gasteiger partial charge in [-0.15, -0.1) is 0 Å². The van der Waals surface area contributed by atoms with Crippen LogP contribution in [0.5, 0.6) is 0 Å². The van der Waals surface area contributed by atoms with Crippen LogP contribution in [0.3, 0.4) is 0 Å². The number of carbonyl (C=O) groups excluding carboxylic acids is 2. The molecule has 140 valence electrons. The third kappa shape index (κ3) is 3.40. The summed E-state index contributed by atoms with van der Waals surface area (Å²) in [6, 6.07) is 4.16. The Labute approximate surface area is 152 Å². The SMILES string of the molecule is CN1CCC2(CC1)CC(NC(=O)CN1Cc3cc(F)ccc3NC1=O)C2. The summed E-state index contributed by atoms with van der Waals surface area (Å²) >= 11 is 0. The van der Waals surface area contributed by atoms with Gasteiger partial charge in [-0.05, 0) is 75.0 Å². The molecule has 0 radical (unpaired) electrons. The average Bonchev–Trinajstić information content (AvgIpc) is 2.56. The summed E-state index contributed by atoms with van der Waals surface area (Å²) in [7, 11) is 2.15. The molecule has 1 spiro atoms. The summed E-state index contributed by atoms with van der Waals surface area (Å²) in [5.41, 5.74) is 1.70. The quantitative estimate of drug-likeness (QED) is 0.868. The van der Waals surface area contributed by atoms with E-state index >= 15 is 0 Å². The summed E-state index contributed by atoms with van der Waals surface area (Å²) in [5, 5.41) is 5.76. The van der Waals surface area contributed by atoms with Gasteiger partial charge in [0.25, 0.3) is 0 Å². The Kier molecular flexibility index (Phi) is 4.34. The first-order valence-electron chi connectivity index (χ1n) is 9.25. The van der Waals surface area contributed by atoms with Crippen molar-refractivity contribution in [1.82, 2.24) is 15.1 Å². The number of hydrogen-bond acceptors (Lipinski definition) is 3. The Morgan fingerprint density at radius 2 is 2.08 bits per heavy atom. The van der Waals surface area contributed by atoms with Crippen LogP contribution in [0.2, 0.25) is 0 Å². The standard InChI is InChI=1S/C19H25FN4O2/c1-23-6-4-19(5-7-23)9-15(10-19)21-17(25)12-24-11-13-8-14(20)2-3-16(13)22-18(24)26/h2-3,8,15H,4-7,9-12H2,1H3,(H,21,25)(H,22,26). The van der Waals surface area contributed by atoms with Gasteiger partial charge < -0.3 is 20.4 Å². The van der Waals surface area contributed by atoms with Crippen molar-refractivity contribution in [2.75, 3.05) is 32.0 Å². The maximum atomic E-state index is 13.4. The van der Waals surface area contributed by atoms with E-state index in [0.717, 1.165) is 25.9 Å². The van der Waals surface area contributed by atoms with E-state index in [1.165, 1.54) is 29.9 Å². The van der Waals surface area contributed by atoms with Crippen molar-refractivity contribution >= 4 is 17.6 Å². The smallest absolute Gasteiger partial charge is 0.322 e. The average molecular weight is 360 g/mol. The van der Waals surface area contributed by atoms with Crippen molar-refractivity contribution in [1.29, 1.82) is 0 Å². The Bertz CT molecular complexity index is 722. The number of likely N-dealkylation sites (tertiary alicyclic amines) is 1. The van der Waals surface area contributed by atoms with E-state index in [4.69, 9.17) is 0 Å². The van der Waals surface area contributed by atoms with Crippen LogP contribution < -0.4 is 10.6 Å². The fourth-order valence-electron chi connectivity index (χ4n) is 4.45. The zero-order valence-electron chi connectivity index (χ0n) is 15.1. The minimum atomic E-state index is -0.345. The molecular weight excluding hydrogens is 335 g/mol. The fraction of sp³-hybridized carbons (Fsp3) is 0.579. The van der Waals surface area contributed by atoms with Crippen LogP contribution >= 0.6 is 0 Å². The zero-order chi connectivity index (χ0) is 18.3. The van der Waals surface area contributed by atoms with Crippen molar-refractivity contribution in [2.24, 2.45) is 5.41 Å². The van der Waals surface area contributed by atoms with Crippen LogP contribution in [-0.2, 0) is 11.3 Å². The number of rotatable bonds is 3. The van der Waals surface area contributed by atoms with Crippen LogP contribution in [0.15, 0.2) is 18.2 Å². The number of nitrogens with one attached hydrogen (secondary N) is 2. The maximum absolute atomic E-state index is 13.4. The molecule has 3 aliphatic rings. The molecule has 0 aromatic heterocycles. The molecule has 2 N–H and O–H groups in total. The third-order valence-electron chi connectivity index (χ3n) is 6.06. The van der Waals surface area contributed by atoms with E-state index < -0.39 is 0 Å². The lowest BCUT2D eigenvalue weighted by molar-refractivity contribution is -0.124. The molecule has 2 aliphatic heterocycles. The number of carbonyl (C=O) groups is 2. The highest BCUT2D eigenvalue weighted by Crippen LogP contribution is 2.48. The Morgan fingerprint density at radius 1 is 1.35 bits per heavy atom. The normalized spacial score (nSPS) is 22.5. The first-order valence-corrected chi connectivity index (χ1v) is 9.25. The molecule has 1 aromatic carbocycles. The number of urea groups is 1. The number of anilines is 1. The number of hydrogen-bond donors (Lipinski definition) is 2. The number of piperidine rings is 1.